The van der Waals surface area contributed by atoms with E-state index in [0.29, 0.717) is 17.1 Å². The van der Waals surface area contributed by atoms with Crippen LogP contribution in [0.25, 0.3) is 10.9 Å². The maximum atomic E-state index is 10.2. The molecule has 0 spiro atoms. The maximum absolute atomic E-state index is 10.2. The third kappa shape index (κ3) is 2.79. The van der Waals surface area contributed by atoms with Gasteiger partial charge in [-0.05, 0) is 24.3 Å². The van der Waals surface area contributed by atoms with Crippen LogP contribution in [0.15, 0.2) is 54.7 Å². The Morgan fingerprint density at radius 1 is 1.05 bits per heavy atom. The van der Waals surface area contributed by atoms with Gasteiger partial charge in [-0.15, -0.1) is 0 Å². The number of aliphatic hydroxyl groups excluding tert-OH is 1. The second-order valence-corrected chi connectivity index (χ2v) is 5.05. The van der Waals surface area contributed by atoms with Crippen LogP contribution in [0.3, 0.4) is 0 Å². The highest BCUT2D eigenvalue weighted by atomic mass is 35.5. The summed E-state index contributed by atoms with van der Waals surface area (Å²) < 4.78 is 0. The van der Waals surface area contributed by atoms with E-state index >= 15 is 0 Å². The molecule has 0 radical (unpaired) electrons. The largest absolute Gasteiger partial charge is 0.386 e. The molecule has 1 atom stereocenters. The van der Waals surface area contributed by atoms with Gasteiger partial charge < -0.3 is 5.11 Å². The summed E-state index contributed by atoms with van der Waals surface area (Å²) >= 11 is 5.79. The van der Waals surface area contributed by atoms with Crippen molar-refractivity contribution in [2.45, 2.75) is 12.5 Å². The molecule has 0 aliphatic rings. The van der Waals surface area contributed by atoms with Crippen molar-refractivity contribution in [3.05, 3.63) is 71.1 Å². The summed E-state index contributed by atoms with van der Waals surface area (Å²) in [6.07, 6.45) is 1.29. The van der Waals surface area contributed by atoms with E-state index in [1.807, 2.05) is 36.4 Å². The quantitative estimate of drug-likeness (QED) is 0.800. The molecule has 100 valence electrons. The van der Waals surface area contributed by atoms with Crippen molar-refractivity contribution in [3.63, 3.8) is 0 Å². The van der Waals surface area contributed by atoms with Gasteiger partial charge in [-0.25, -0.2) is 0 Å². The summed E-state index contributed by atoms with van der Waals surface area (Å²) in [7, 11) is 0. The number of aliphatic hydroxyl groups is 1. The molecule has 1 N–H and O–H groups in total. The molecule has 0 saturated heterocycles. The molecular formula is C16H13ClN2O. The lowest BCUT2D eigenvalue weighted by Crippen LogP contribution is -2.05. The molecule has 0 bridgehead atoms. The minimum absolute atomic E-state index is 0.430. The molecule has 3 aromatic rings. The molecule has 2 aromatic heterocycles. The number of hydrogen-bond acceptors (Lipinski definition) is 3. The lowest BCUT2D eigenvalue weighted by Gasteiger charge is -2.10. The van der Waals surface area contributed by atoms with Crippen LogP contribution in [0, 0.1) is 0 Å². The first-order chi connectivity index (χ1) is 9.72. The average Bonchev–Trinajstić information content (AvgIpc) is 2.48. The Morgan fingerprint density at radius 3 is 2.70 bits per heavy atom. The minimum Gasteiger partial charge on any atom is -0.386 e. The Hall–Kier alpha value is -1.97. The number of hydrogen-bond donors (Lipinski definition) is 1. The molecular weight excluding hydrogens is 272 g/mol. The van der Waals surface area contributed by atoms with Gasteiger partial charge in [0.15, 0.2) is 0 Å². The first-order valence-electron chi connectivity index (χ1n) is 6.36. The second-order valence-electron chi connectivity index (χ2n) is 4.62. The standard InChI is InChI=1S/C16H13ClN2O/c17-12-6-8-15(18-10-12)16(20)9-13-7-5-11-3-1-2-4-14(11)19-13/h1-8,10,16,20H,9H2. The molecule has 0 aliphatic heterocycles. The number of nitrogens with zero attached hydrogens (tertiary/aromatic N) is 2. The molecule has 3 nitrogen and oxygen atoms in total. The van der Waals surface area contributed by atoms with Gasteiger partial charge in [-0.3, -0.25) is 9.97 Å². The van der Waals surface area contributed by atoms with Gasteiger partial charge in [-0.1, -0.05) is 35.9 Å². The molecule has 0 fully saturated rings. The number of halogens is 1. The molecule has 0 aliphatic carbocycles. The van der Waals surface area contributed by atoms with Crippen LogP contribution in [0.2, 0.25) is 5.02 Å². The van der Waals surface area contributed by atoms with Gasteiger partial charge in [0.05, 0.1) is 16.2 Å². The summed E-state index contributed by atoms with van der Waals surface area (Å²) in [5.41, 5.74) is 2.37. The predicted molar refractivity (Wildman–Crippen MR) is 79.7 cm³/mol. The summed E-state index contributed by atoms with van der Waals surface area (Å²) in [6, 6.07) is 15.3. The highest BCUT2D eigenvalue weighted by Crippen LogP contribution is 2.19. The smallest absolute Gasteiger partial charge is 0.101 e. The minimum atomic E-state index is -0.680. The Kier molecular flexibility index (Phi) is 3.63. The second kappa shape index (κ2) is 5.57. The van der Waals surface area contributed by atoms with Crippen LogP contribution in [0.4, 0.5) is 0 Å². The van der Waals surface area contributed by atoms with E-state index < -0.39 is 6.10 Å². The third-order valence-corrected chi connectivity index (χ3v) is 3.37. The van der Waals surface area contributed by atoms with Gasteiger partial charge in [0.25, 0.3) is 0 Å². The predicted octanol–water partition coefficient (Wildman–Crippen LogP) is 3.56. The number of rotatable bonds is 3. The monoisotopic (exact) mass is 284 g/mol. The Labute approximate surface area is 121 Å². The molecule has 3 rings (SSSR count). The van der Waals surface area contributed by atoms with E-state index in [1.165, 1.54) is 6.20 Å². The molecule has 0 amide bonds. The van der Waals surface area contributed by atoms with Crippen molar-refractivity contribution < 1.29 is 5.11 Å². The van der Waals surface area contributed by atoms with Crippen LogP contribution in [0.1, 0.15) is 17.5 Å². The highest BCUT2D eigenvalue weighted by Gasteiger charge is 2.11. The van der Waals surface area contributed by atoms with Crippen LogP contribution in [-0.4, -0.2) is 15.1 Å². The van der Waals surface area contributed by atoms with E-state index in [-0.39, 0.29) is 0 Å². The van der Waals surface area contributed by atoms with E-state index in [9.17, 15) is 5.11 Å². The zero-order valence-electron chi connectivity index (χ0n) is 10.7. The number of aromatic nitrogens is 2. The van der Waals surface area contributed by atoms with Gasteiger partial charge in [-0.2, -0.15) is 0 Å². The van der Waals surface area contributed by atoms with Crippen LogP contribution in [0.5, 0.6) is 0 Å². The van der Waals surface area contributed by atoms with Crippen molar-refractivity contribution in [1.82, 2.24) is 9.97 Å². The highest BCUT2D eigenvalue weighted by molar-refractivity contribution is 6.30. The molecule has 0 saturated carbocycles. The first kappa shape index (κ1) is 13.0. The number of benzene rings is 1. The molecule has 1 unspecified atom stereocenters. The molecule has 4 heteroatoms. The topological polar surface area (TPSA) is 46.0 Å². The van der Waals surface area contributed by atoms with Crippen LogP contribution < -0.4 is 0 Å². The summed E-state index contributed by atoms with van der Waals surface area (Å²) in [4.78, 5) is 8.67. The SMILES string of the molecule is OC(Cc1ccc2ccccc2n1)c1ccc(Cl)cn1. The lowest BCUT2D eigenvalue weighted by molar-refractivity contribution is 0.172. The Balaban J connectivity index is 1.83. The summed E-state index contributed by atoms with van der Waals surface area (Å²) in [6.45, 7) is 0. The number of para-hydroxylation sites is 1. The zero-order valence-corrected chi connectivity index (χ0v) is 11.5. The van der Waals surface area contributed by atoms with Crippen LogP contribution >= 0.6 is 11.6 Å². The van der Waals surface area contributed by atoms with Gasteiger partial charge in [0, 0.05) is 23.7 Å². The zero-order chi connectivity index (χ0) is 13.9. The molecule has 20 heavy (non-hydrogen) atoms. The summed E-state index contributed by atoms with van der Waals surface area (Å²) in [5, 5.41) is 11.8. The maximum Gasteiger partial charge on any atom is 0.101 e. The Bertz CT molecular complexity index is 728. The normalized spacial score (nSPS) is 12.5. The van der Waals surface area contributed by atoms with Crippen molar-refractivity contribution in [2.24, 2.45) is 0 Å². The average molecular weight is 285 g/mol. The van der Waals surface area contributed by atoms with E-state index in [4.69, 9.17) is 11.6 Å². The molecule has 1 aromatic carbocycles. The van der Waals surface area contributed by atoms with E-state index in [2.05, 4.69) is 9.97 Å². The van der Waals surface area contributed by atoms with Gasteiger partial charge in [0.1, 0.15) is 6.10 Å². The van der Waals surface area contributed by atoms with E-state index in [0.717, 1.165) is 16.6 Å². The fraction of sp³-hybridized carbons (Fsp3) is 0.125. The van der Waals surface area contributed by atoms with Gasteiger partial charge >= 0.3 is 0 Å². The number of fused-ring (bicyclic) bond motifs is 1. The van der Waals surface area contributed by atoms with Crippen molar-refractivity contribution >= 4 is 22.5 Å². The lowest BCUT2D eigenvalue weighted by atomic mass is 10.1. The third-order valence-electron chi connectivity index (χ3n) is 3.15. The van der Waals surface area contributed by atoms with Crippen molar-refractivity contribution in [3.8, 4) is 0 Å². The van der Waals surface area contributed by atoms with Crippen LogP contribution in [-0.2, 0) is 6.42 Å². The van der Waals surface area contributed by atoms with Crippen molar-refractivity contribution in [1.29, 1.82) is 0 Å². The molecule has 2 heterocycles. The van der Waals surface area contributed by atoms with E-state index in [1.54, 1.807) is 12.1 Å². The summed E-state index contributed by atoms with van der Waals surface area (Å²) in [5.74, 6) is 0. The van der Waals surface area contributed by atoms with Gasteiger partial charge in [0.2, 0.25) is 0 Å². The Morgan fingerprint density at radius 2 is 1.90 bits per heavy atom. The number of pyridine rings is 2. The fourth-order valence-corrected chi connectivity index (χ4v) is 2.22. The first-order valence-corrected chi connectivity index (χ1v) is 6.74. The fourth-order valence-electron chi connectivity index (χ4n) is 2.11. The van der Waals surface area contributed by atoms with Crippen molar-refractivity contribution in [2.75, 3.05) is 0 Å².